The molecule has 0 aromatic carbocycles. The number of halogens is 3. The highest BCUT2D eigenvalue weighted by molar-refractivity contribution is 5.03. The maximum absolute atomic E-state index is 12.5. The smallest absolute Gasteiger partial charge is 0.383 e. The molecule has 1 N–H and O–H groups in total. The molecule has 1 aliphatic carbocycles. The third-order valence-electron chi connectivity index (χ3n) is 4.20. The van der Waals surface area contributed by atoms with Crippen molar-refractivity contribution in [3.05, 3.63) is 11.7 Å². The minimum absolute atomic E-state index is 0.324. The van der Waals surface area contributed by atoms with E-state index in [-0.39, 0.29) is 0 Å². The maximum Gasteiger partial charge on any atom is 0.414 e. The molecule has 1 unspecified atom stereocenters. The van der Waals surface area contributed by atoms with Gasteiger partial charge in [0.15, 0.2) is 11.9 Å². The van der Waals surface area contributed by atoms with Crippen LogP contribution in [0.15, 0.2) is 4.52 Å². The SMILES string of the molecule is OC(C1CCN(Cc2nc(C3CC3)no2)CC1)C(F)(F)F. The topological polar surface area (TPSA) is 62.4 Å². The van der Waals surface area contributed by atoms with E-state index in [4.69, 9.17) is 4.52 Å². The Morgan fingerprint density at radius 2 is 1.90 bits per heavy atom. The van der Waals surface area contributed by atoms with E-state index in [2.05, 4.69) is 10.1 Å². The first-order valence-electron chi connectivity index (χ1n) is 7.23. The molecule has 0 radical (unpaired) electrons. The molecule has 1 aliphatic heterocycles. The van der Waals surface area contributed by atoms with Crippen LogP contribution in [0.5, 0.6) is 0 Å². The lowest BCUT2D eigenvalue weighted by molar-refractivity contribution is -0.223. The van der Waals surface area contributed by atoms with E-state index >= 15 is 0 Å². The Kier molecular flexibility index (Phi) is 3.92. The molecule has 0 amide bonds. The molecule has 0 spiro atoms. The summed E-state index contributed by atoms with van der Waals surface area (Å²) >= 11 is 0. The molecular weight excluding hydrogens is 287 g/mol. The van der Waals surface area contributed by atoms with Gasteiger partial charge in [-0.3, -0.25) is 4.90 Å². The highest BCUT2D eigenvalue weighted by atomic mass is 19.4. The Bertz CT molecular complexity index is 479. The third kappa shape index (κ3) is 3.55. The predicted octanol–water partition coefficient (Wildman–Crippen LogP) is 2.08. The van der Waals surface area contributed by atoms with Crippen LogP contribution in [0, 0.1) is 5.92 Å². The van der Waals surface area contributed by atoms with Crippen molar-refractivity contribution < 1.29 is 22.8 Å². The average molecular weight is 305 g/mol. The van der Waals surface area contributed by atoms with E-state index in [1.54, 1.807) is 0 Å². The fraction of sp³-hybridized carbons (Fsp3) is 0.846. The van der Waals surface area contributed by atoms with Crippen LogP contribution >= 0.6 is 0 Å². The van der Waals surface area contributed by atoms with Crippen molar-refractivity contribution in [1.29, 1.82) is 0 Å². The summed E-state index contributed by atoms with van der Waals surface area (Å²) in [6.07, 6.45) is -3.91. The standard InChI is InChI=1S/C13H18F3N3O2/c14-13(15,16)11(20)8-3-5-19(6-4-8)7-10-17-12(18-21-10)9-1-2-9/h8-9,11,20H,1-7H2. The Labute approximate surface area is 120 Å². The van der Waals surface area contributed by atoms with Crippen LogP contribution in [0.2, 0.25) is 0 Å². The molecule has 3 rings (SSSR count). The fourth-order valence-corrected chi connectivity index (χ4v) is 2.72. The Balaban J connectivity index is 1.49. The lowest BCUT2D eigenvalue weighted by atomic mass is 9.91. The molecule has 8 heteroatoms. The molecule has 2 heterocycles. The molecule has 5 nitrogen and oxygen atoms in total. The van der Waals surface area contributed by atoms with Crippen molar-refractivity contribution in [3.8, 4) is 0 Å². The molecule has 1 saturated heterocycles. The number of hydrogen-bond acceptors (Lipinski definition) is 5. The molecule has 1 aromatic heterocycles. The number of hydrogen-bond donors (Lipinski definition) is 1. The first-order valence-corrected chi connectivity index (χ1v) is 7.23. The fourth-order valence-electron chi connectivity index (χ4n) is 2.72. The Morgan fingerprint density at radius 3 is 2.48 bits per heavy atom. The number of aliphatic hydroxyl groups excluding tert-OH is 1. The zero-order valence-electron chi connectivity index (χ0n) is 11.5. The predicted molar refractivity (Wildman–Crippen MR) is 66.3 cm³/mol. The van der Waals surface area contributed by atoms with Crippen LogP contribution < -0.4 is 0 Å². The van der Waals surface area contributed by atoms with E-state index in [1.807, 2.05) is 4.90 Å². The summed E-state index contributed by atoms with van der Waals surface area (Å²) in [5.41, 5.74) is 0. The van der Waals surface area contributed by atoms with Gasteiger partial charge in [-0.05, 0) is 44.7 Å². The van der Waals surface area contributed by atoms with E-state index in [0.29, 0.717) is 44.3 Å². The normalized spacial score (nSPS) is 23.4. The number of piperidine rings is 1. The summed E-state index contributed by atoms with van der Waals surface area (Å²) in [6.45, 7) is 1.46. The molecule has 1 aromatic rings. The molecule has 2 fully saturated rings. The third-order valence-corrected chi connectivity index (χ3v) is 4.20. The van der Waals surface area contributed by atoms with Gasteiger partial charge < -0.3 is 9.63 Å². The van der Waals surface area contributed by atoms with Crippen LogP contribution in [-0.2, 0) is 6.54 Å². The van der Waals surface area contributed by atoms with Gasteiger partial charge in [-0.1, -0.05) is 5.16 Å². The maximum atomic E-state index is 12.5. The van der Waals surface area contributed by atoms with Gasteiger partial charge in [-0.2, -0.15) is 18.2 Å². The zero-order valence-corrected chi connectivity index (χ0v) is 11.5. The van der Waals surface area contributed by atoms with Gasteiger partial charge >= 0.3 is 6.18 Å². The number of nitrogens with zero attached hydrogens (tertiary/aromatic N) is 3. The van der Waals surface area contributed by atoms with Crippen molar-refractivity contribution in [2.75, 3.05) is 13.1 Å². The van der Waals surface area contributed by atoms with Gasteiger partial charge in [0.25, 0.3) is 0 Å². The largest absolute Gasteiger partial charge is 0.414 e. The van der Waals surface area contributed by atoms with Gasteiger partial charge in [-0.15, -0.1) is 0 Å². The Morgan fingerprint density at radius 1 is 1.24 bits per heavy atom. The van der Waals surface area contributed by atoms with Crippen molar-refractivity contribution in [1.82, 2.24) is 15.0 Å². The van der Waals surface area contributed by atoms with Gasteiger partial charge in [0.05, 0.1) is 6.54 Å². The second-order valence-corrected chi connectivity index (χ2v) is 5.92. The quantitative estimate of drug-likeness (QED) is 0.923. The van der Waals surface area contributed by atoms with Gasteiger partial charge in [0.1, 0.15) is 0 Å². The lowest BCUT2D eigenvalue weighted by Crippen LogP contribution is -2.43. The number of aliphatic hydroxyl groups is 1. The molecular formula is C13H18F3N3O2. The molecule has 1 atom stereocenters. The number of aromatic nitrogens is 2. The van der Waals surface area contributed by atoms with Crippen molar-refractivity contribution >= 4 is 0 Å². The van der Waals surface area contributed by atoms with Crippen LogP contribution in [0.4, 0.5) is 13.2 Å². The van der Waals surface area contributed by atoms with Gasteiger partial charge in [0.2, 0.25) is 5.89 Å². The summed E-state index contributed by atoms with van der Waals surface area (Å²) in [6, 6.07) is 0. The number of rotatable bonds is 4. The summed E-state index contributed by atoms with van der Waals surface area (Å²) < 4.78 is 42.6. The van der Waals surface area contributed by atoms with E-state index in [9.17, 15) is 18.3 Å². The van der Waals surface area contributed by atoms with Crippen LogP contribution in [0.1, 0.15) is 43.3 Å². The summed E-state index contributed by atoms with van der Waals surface area (Å²) in [4.78, 5) is 6.30. The Hall–Kier alpha value is -1.15. The summed E-state index contributed by atoms with van der Waals surface area (Å²) in [5.74, 6) is 0.972. The van der Waals surface area contributed by atoms with E-state index in [1.165, 1.54) is 0 Å². The second kappa shape index (κ2) is 5.57. The average Bonchev–Trinajstić information content (AvgIpc) is 3.19. The van der Waals surface area contributed by atoms with Gasteiger partial charge in [-0.25, -0.2) is 0 Å². The number of alkyl halides is 3. The first kappa shape index (κ1) is 14.8. The zero-order chi connectivity index (χ0) is 15.0. The highest BCUT2D eigenvalue weighted by Crippen LogP contribution is 2.38. The highest BCUT2D eigenvalue weighted by Gasteiger charge is 2.44. The van der Waals surface area contributed by atoms with E-state index in [0.717, 1.165) is 18.7 Å². The first-order chi connectivity index (χ1) is 9.93. The van der Waals surface area contributed by atoms with Crippen molar-refractivity contribution in [3.63, 3.8) is 0 Å². The minimum Gasteiger partial charge on any atom is -0.383 e. The molecule has 0 bridgehead atoms. The van der Waals surface area contributed by atoms with E-state index < -0.39 is 18.2 Å². The van der Waals surface area contributed by atoms with Crippen LogP contribution in [0.3, 0.4) is 0 Å². The van der Waals surface area contributed by atoms with Crippen LogP contribution in [-0.4, -0.2) is 45.5 Å². The number of likely N-dealkylation sites (tertiary alicyclic amines) is 1. The molecule has 118 valence electrons. The summed E-state index contributed by atoms with van der Waals surface area (Å²) in [5, 5.41) is 13.2. The van der Waals surface area contributed by atoms with Crippen molar-refractivity contribution in [2.24, 2.45) is 5.92 Å². The van der Waals surface area contributed by atoms with Gasteiger partial charge in [0, 0.05) is 5.92 Å². The lowest BCUT2D eigenvalue weighted by Gasteiger charge is -2.33. The molecule has 21 heavy (non-hydrogen) atoms. The molecule has 2 aliphatic rings. The monoisotopic (exact) mass is 305 g/mol. The minimum atomic E-state index is -4.53. The van der Waals surface area contributed by atoms with Crippen molar-refractivity contribution in [2.45, 2.75) is 50.4 Å². The second-order valence-electron chi connectivity index (χ2n) is 5.92. The van der Waals surface area contributed by atoms with Crippen LogP contribution in [0.25, 0.3) is 0 Å². The molecule has 1 saturated carbocycles. The summed E-state index contributed by atoms with van der Waals surface area (Å²) in [7, 11) is 0.